The summed E-state index contributed by atoms with van der Waals surface area (Å²) in [4.78, 5) is 21.2. The number of rotatable bonds is 2. The third-order valence-corrected chi connectivity index (χ3v) is 4.54. The maximum absolute atomic E-state index is 12.7. The SMILES string of the molecule is CC.CCC(C)C1(C)C(=O)c2cncc3cncc1c23. The molecule has 0 amide bonds. The second kappa shape index (κ2) is 5.31. The maximum atomic E-state index is 12.7. The second-order valence-electron chi connectivity index (χ2n) is 5.31. The molecule has 106 valence electrons. The van der Waals surface area contributed by atoms with Gasteiger partial charge in [-0.25, -0.2) is 0 Å². The Morgan fingerprint density at radius 3 is 2.35 bits per heavy atom. The predicted molar refractivity (Wildman–Crippen MR) is 82.0 cm³/mol. The number of Topliss-reactive ketones (excluding diaryl/α,β-unsaturated/α-hetero) is 1. The van der Waals surface area contributed by atoms with E-state index in [1.807, 2.05) is 27.0 Å². The molecule has 0 saturated carbocycles. The summed E-state index contributed by atoms with van der Waals surface area (Å²) in [5.74, 6) is 0.489. The van der Waals surface area contributed by atoms with Crippen LogP contribution in [0.4, 0.5) is 0 Å². The molecule has 2 aromatic rings. The molecule has 0 fully saturated rings. The Balaban J connectivity index is 0.000000704. The number of hydrogen-bond acceptors (Lipinski definition) is 3. The van der Waals surface area contributed by atoms with E-state index in [2.05, 4.69) is 23.8 Å². The maximum Gasteiger partial charge on any atom is 0.175 e. The van der Waals surface area contributed by atoms with Crippen molar-refractivity contribution in [3.63, 3.8) is 0 Å². The lowest BCUT2D eigenvalue weighted by atomic mass is 9.71. The van der Waals surface area contributed by atoms with Crippen LogP contribution in [0.2, 0.25) is 0 Å². The first-order valence-corrected chi connectivity index (χ1v) is 7.37. The van der Waals surface area contributed by atoms with Crippen LogP contribution in [0, 0.1) is 5.92 Å². The predicted octanol–water partition coefficient (Wildman–Crippen LogP) is 4.16. The Kier molecular flexibility index (Phi) is 3.89. The zero-order chi connectivity index (χ0) is 14.9. The van der Waals surface area contributed by atoms with Gasteiger partial charge < -0.3 is 0 Å². The zero-order valence-corrected chi connectivity index (χ0v) is 12.9. The van der Waals surface area contributed by atoms with E-state index in [0.29, 0.717) is 5.92 Å². The smallest absolute Gasteiger partial charge is 0.175 e. The van der Waals surface area contributed by atoms with Crippen molar-refractivity contribution in [1.29, 1.82) is 0 Å². The van der Waals surface area contributed by atoms with Crippen molar-refractivity contribution in [2.45, 2.75) is 46.5 Å². The van der Waals surface area contributed by atoms with Gasteiger partial charge in [0.25, 0.3) is 0 Å². The van der Waals surface area contributed by atoms with E-state index in [0.717, 1.165) is 28.3 Å². The van der Waals surface area contributed by atoms with Crippen molar-refractivity contribution in [2.24, 2.45) is 5.92 Å². The molecule has 0 N–H and O–H groups in total. The standard InChI is InChI=1S/C15H16N2O.C2H6/c1-4-9(2)15(3)12-8-17-6-10-5-16-7-11(13(10)12)14(15)18;1-2/h5-9H,4H2,1-3H3;1-2H3. The highest BCUT2D eigenvalue weighted by atomic mass is 16.1. The number of carbonyl (C=O) groups is 1. The van der Waals surface area contributed by atoms with Crippen LogP contribution in [0.5, 0.6) is 0 Å². The van der Waals surface area contributed by atoms with E-state index >= 15 is 0 Å². The largest absolute Gasteiger partial charge is 0.293 e. The number of nitrogens with zero attached hydrogens (tertiary/aromatic N) is 2. The van der Waals surface area contributed by atoms with Gasteiger partial charge >= 0.3 is 0 Å². The Bertz CT molecular complexity index is 645. The summed E-state index contributed by atoms with van der Waals surface area (Å²) in [6.07, 6.45) is 8.08. The molecule has 2 atom stereocenters. The Morgan fingerprint density at radius 2 is 1.75 bits per heavy atom. The van der Waals surface area contributed by atoms with Crippen LogP contribution in [-0.2, 0) is 5.41 Å². The van der Waals surface area contributed by atoms with Crippen LogP contribution in [0.3, 0.4) is 0 Å². The van der Waals surface area contributed by atoms with Crippen molar-refractivity contribution in [1.82, 2.24) is 9.97 Å². The third-order valence-electron chi connectivity index (χ3n) is 4.54. The fourth-order valence-electron chi connectivity index (χ4n) is 3.00. The van der Waals surface area contributed by atoms with Crippen LogP contribution in [0.1, 0.15) is 57.0 Å². The van der Waals surface area contributed by atoms with E-state index in [-0.39, 0.29) is 5.78 Å². The zero-order valence-electron chi connectivity index (χ0n) is 12.9. The Labute approximate surface area is 120 Å². The van der Waals surface area contributed by atoms with Gasteiger partial charge in [0.15, 0.2) is 5.78 Å². The molecule has 1 aliphatic rings. The minimum absolute atomic E-state index is 0.193. The molecule has 2 heterocycles. The molecule has 2 aromatic heterocycles. The minimum Gasteiger partial charge on any atom is -0.293 e. The van der Waals surface area contributed by atoms with Crippen LogP contribution < -0.4 is 0 Å². The fourth-order valence-corrected chi connectivity index (χ4v) is 3.00. The number of hydrogen-bond donors (Lipinski definition) is 0. The lowest BCUT2D eigenvalue weighted by Gasteiger charge is -2.30. The highest BCUT2D eigenvalue weighted by molar-refractivity contribution is 6.19. The molecule has 0 bridgehead atoms. The normalized spacial score (nSPS) is 21.6. The van der Waals surface area contributed by atoms with Crippen LogP contribution >= 0.6 is 0 Å². The highest BCUT2D eigenvalue weighted by Gasteiger charge is 2.47. The molecule has 3 rings (SSSR count). The summed E-state index contributed by atoms with van der Waals surface area (Å²) in [6, 6.07) is 0. The molecule has 3 nitrogen and oxygen atoms in total. The van der Waals surface area contributed by atoms with Crippen LogP contribution in [0.25, 0.3) is 10.8 Å². The highest BCUT2D eigenvalue weighted by Crippen LogP contribution is 2.46. The van der Waals surface area contributed by atoms with Crippen LogP contribution in [0.15, 0.2) is 24.8 Å². The van der Waals surface area contributed by atoms with E-state index in [9.17, 15) is 4.79 Å². The Hall–Kier alpha value is -1.77. The van der Waals surface area contributed by atoms with Gasteiger partial charge in [-0.05, 0) is 18.4 Å². The summed E-state index contributed by atoms with van der Waals surface area (Å²) < 4.78 is 0. The van der Waals surface area contributed by atoms with Gasteiger partial charge in [0.05, 0.1) is 5.41 Å². The molecule has 1 aliphatic carbocycles. The molecule has 3 heteroatoms. The fraction of sp³-hybridized carbons (Fsp3) is 0.471. The summed E-state index contributed by atoms with van der Waals surface area (Å²) in [5, 5.41) is 2.01. The van der Waals surface area contributed by atoms with Crippen molar-refractivity contribution < 1.29 is 4.79 Å². The van der Waals surface area contributed by atoms with Gasteiger partial charge in [-0.3, -0.25) is 14.8 Å². The van der Waals surface area contributed by atoms with Gasteiger partial charge in [0, 0.05) is 41.1 Å². The van der Waals surface area contributed by atoms with E-state index in [4.69, 9.17) is 0 Å². The van der Waals surface area contributed by atoms with Gasteiger partial charge in [-0.2, -0.15) is 0 Å². The first kappa shape index (κ1) is 14.6. The van der Waals surface area contributed by atoms with E-state index < -0.39 is 5.41 Å². The minimum atomic E-state index is -0.452. The molecule has 20 heavy (non-hydrogen) atoms. The van der Waals surface area contributed by atoms with Crippen LogP contribution in [-0.4, -0.2) is 15.8 Å². The molecule has 0 aliphatic heterocycles. The summed E-state index contributed by atoms with van der Waals surface area (Å²) in [5.41, 5.74) is 1.37. The van der Waals surface area contributed by atoms with E-state index in [1.54, 1.807) is 18.6 Å². The molecule has 0 aromatic carbocycles. The number of aromatic nitrogens is 2. The quantitative estimate of drug-likeness (QED) is 0.823. The monoisotopic (exact) mass is 270 g/mol. The topological polar surface area (TPSA) is 42.9 Å². The third kappa shape index (κ3) is 1.76. The van der Waals surface area contributed by atoms with Gasteiger partial charge in [-0.1, -0.05) is 34.1 Å². The first-order valence-electron chi connectivity index (χ1n) is 7.37. The number of carbonyl (C=O) groups excluding carboxylic acids is 1. The van der Waals surface area contributed by atoms with Gasteiger partial charge in [0.1, 0.15) is 0 Å². The average molecular weight is 270 g/mol. The number of pyridine rings is 2. The molecular formula is C17H22N2O. The molecular weight excluding hydrogens is 248 g/mol. The molecule has 0 radical (unpaired) electrons. The number of ketones is 1. The molecule has 2 unspecified atom stereocenters. The molecule has 0 spiro atoms. The lowest BCUT2D eigenvalue weighted by molar-refractivity contribution is 0.0856. The van der Waals surface area contributed by atoms with E-state index in [1.165, 1.54) is 0 Å². The summed E-state index contributed by atoms with van der Waals surface area (Å²) in [6.45, 7) is 10.3. The molecule has 0 saturated heterocycles. The van der Waals surface area contributed by atoms with Crippen molar-refractivity contribution in [2.75, 3.05) is 0 Å². The summed E-state index contributed by atoms with van der Waals surface area (Å²) in [7, 11) is 0. The first-order chi connectivity index (χ1) is 9.60. The summed E-state index contributed by atoms with van der Waals surface area (Å²) >= 11 is 0. The lowest BCUT2D eigenvalue weighted by Crippen LogP contribution is -2.35. The van der Waals surface area contributed by atoms with Crippen molar-refractivity contribution >= 4 is 16.6 Å². The van der Waals surface area contributed by atoms with Gasteiger partial charge in [-0.15, -0.1) is 0 Å². The van der Waals surface area contributed by atoms with Crippen molar-refractivity contribution in [3.8, 4) is 0 Å². The Morgan fingerprint density at radius 1 is 1.15 bits per heavy atom. The van der Waals surface area contributed by atoms with Gasteiger partial charge in [0.2, 0.25) is 0 Å². The van der Waals surface area contributed by atoms with Crippen molar-refractivity contribution in [3.05, 3.63) is 35.9 Å². The second-order valence-corrected chi connectivity index (χ2v) is 5.31. The average Bonchev–Trinajstić information content (AvgIpc) is 2.74.